The van der Waals surface area contributed by atoms with E-state index in [9.17, 15) is 4.79 Å². The number of rotatable bonds is 4. The molecule has 2 rings (SSSR count). The summed E-state index contributed by atoms with van der Waals surface area (Å²) in [5.74, 6) is -0.912. The van der Waals surface area contributed by atoms with Gasteiger partial charge in [-0.3, -0.25) is 0 Å². The van der Waals surface area contributed by atoms with Gasteiger partial charge in [0.25, 0.3) is 0 Å². The fourth-order valence-corrected chi connectivity index (χ4v) is 1.22. The average molecular weight is 218 g/mol. The number of aromatic nitrogens is 1. The highest BCUT2D eigenvalue weighted by molar-refractivity contribution is 5.83. The molecule has 1 aromatic heterocycles. The summed E-state index contributed by atoms with van der Waals surface area (Å²) >= 11 is 0. The van der Waals surface area contributed by atoms with E-state index in [2.05, 4.69) is 10.3 Å². The largest absolute Gasteiger partial charge is 0.475 e. The topological polar surface area (TPSA) is 75.4 Å². The number of hydrogen-bond donors (Lipinski definition) is 2. The molecule has 0 saturated heterocycles. The maximum absolute atomic E-state index is 10.5. The monoisotopic (exact) mass is 218 g/mol. The number of anilines is 1. The maximum Gasteiger partial charge on any atom is 0.373 e. The molecule has 5 heteroatoms. The van der Waals surface area contributed by atoms with Crippen LogP contribution in [0.3, 0.4) is 0 Å². The van der Waals surface area contributed by atoms with Gasteiger partial charge in [0.05, 0.1) is 12.7 Å². The fourth-order valence-electron chi connectivity index (χ4n) is 1.22. The average Bonchev–Trinajstić information content (AvgIpc) is 2.76. The van der Waals surface area contributed by atoms with Crippen LogP contribution in [0.2, 0.25) is 0 Å². The number of nitrogens with one attached hydrogen (secondary N) is 1. The number of carbonyl (C=O) groups is 1. The molecular weight excluding hydrogens is 208 g/mol. The van der Waals surface area contributed by atoms with Gasteiger partial charge < -0.3 is 14.8 Å². The van der Waals surface area contributed by atoms with Crippen molar-refractivity contribution in [2.75, 3.05) is 5.32 Å². The second-order valence-corrected chi connectivity index (χ2v) is 3.14. The zero-order chi connectivity index (χ0) is 11.4. The van der Waals surface area contributed by atoms with Crippen molar-refractivity contribution in [3.8, 4) is 0 Å². The summed E-state index contributed by atoms with van der Waals surface area (Å²) in [6, 6.07) is 9.53. The van der Waals surface area contributed by atoms with Gasteiger partial charge in [-0.1, -0.05) is 18.2 Å². The van der Waals surface area contributed by atoms with Gasteiger partial charge in [-0.05, 0) is 12.1 Å². The smallest absolute Gasteiger partial charge is 0.373 e. The van der Waals surface area contributed by atoms with Crippen molar-refractivity contribution in [1.82, 2.24) is 4.98 Å². The Morgan fingerprint density at radius 3 is 2.75 bits per heavy atom. The zero-order valence-corrected chi connectivity index (χ0v) is 8.38. The third-order valence-corrected chi connectivity index (χ3v) is 1.98. The van der Waals surface area contributed by atoms with Crippen molar-refractivity contribution in [3.63, 3.8) is 0 Å². The van der Waals surface area contributed by atoms with Crippen molar-refractivity contribution < 1.29 is 14.3 Å². The minimum Gasteiger partial charge on any atom is -0.475 e. The number of carboxylic acid groups (broad SMARTS) is 1. The lowest BCUT2D eigenvalue weighted by Gasteiger charge is -2.01. The molecule has 5 nitrogen and oxygen atoms in total. The number of aromatic carboxylic acids is 1. The van der Waals surface area contributed by atoms with Crippen LogP contribution >= 0.6 is 0 Å². The van der Waals surface area contributed by atoms with Crippen LogP contribution in [0.15, 0.2) is 40.9 Å². The van der Waals surface area contributed by atoms with Gasteiger partial charge in [-0.15, -0.1) is 0 Å². The lowest BCUT2D eigenvalue weighted by atomic mass is 10.3. The first-order valence-corrected chi connectivity index (χ1v) is 4.72. The van der Waals surface area contributed by atoms with Gasteiger partial charge in [0.2, 0.25) is 11.7 Å². The summed E-state index contributed by atoms with van der Waals surface area (Å²) < 4.78 is 4.99. The molecule has 1 aromatic carbocycles. The van der Waals surface area contributed by atoms with E-state index in [-0.39, 0.29) is 5.76 Å². The molecule has 2 aromatic rings. The van der Waals surface area contributed by atoms with Crippen LogP contribution in [-0.4, -0.2) is 16.1 Å². The molecule has 0 amide bonds. The highest BCUT2D eigenvalue weighted by Gasteiger charge is 2.09. The van der Waals surface area contributed by atoms with Gasteiger partial charge >= 0.3 is 5.97 Å². The summed E-state index contributed by atoms with van der Waals surface area (Å²) in [5.41, 5.74) is 0.928. The third-order valence-electron chi connectivity index (χ3n) is 1.98. The third kappa shape index (κ3) is 2.38. The second-order valence-electron chi connectivity index (χ2n) is 3.14. The number of nitrogens with zero attached hydrogens (tertiary/aromatic N) is 1. The predicted molar refractivity (Wildman–Crippen MR) is 57.2 cm³/mol. The predicted octanol–water partition coefficient (Wildman–Crippen LogP) is 1.98. The minimum absolute atomic E-state index is 0.148. The van der Waals surface area contributed by atoms with Crippen molar-refractivity contribution in [2.45, 2.75) is 6.54 Å². The van der Waals surface area contributed by atoms with Crippen LogP contribution < -0.4 is 5.32 Å². The summed E-state index contributed by atoms with van der Waals surface area (Å²) in [6.07, 6.45) is 1.20. The molecule has 0 unspecified atom stereocenters. The van der Waals surface area contributed by atoms with E-state index in [1.807, 2.05) is 30.3 Å². The van der Waals surface area contributed by atoms with Crippen molar-refractivity contribution in [3.05, 3.63) is 48.2 Å². The Hall–Kier alpha value is -2.30. The molecule has 0 spiro atoms. The molecule has 0 aliphatic heterocycles. The Labute approximate surface area is 91.7 Å². The maximum atomic E-state index is 10.5. The van der Waals surface area contributed by atoms with Crippen LogP contribution in [-0.2, 0) is 6.54 Å². The van der Waals surface area contributed by atoms with E-state index in [1.54, 1.807) is 0 Å². The number of carboxylic acids is 1. The first-order chi connectivity index (χ1) is 7.75. The van der Waals surface area contributed by atoms with Gasteiger partial charge in [-0.25, -0.2) is 9.78 Å². The first kappa shape index (κ1) is 10.2. The lowest BCUT2D eigenvalue weighted by Crippen LogP contribution is -1.99. The minimum atomic E-state index is -1.11. The summed E-state index contributed by atoms with van der Waals surface area (Å²) in [4.78, 5) is 14.4. The molecular formula is C11H10N2O3. The first-order valence-electron chi connectivity index (χ1n) is 4.72. The van der Waals surface area contributed by atoms with Crippen molar-refractivity contribution in [2.24, 2.45) is 0 Å². The molecule has 0 fully saturated rings. The van der Waals surface area contributed by atoms with E-state index in [0.717, 1.165) is 5.69 Å². The van der Waals surface area contributed by atoms with E-state index in [1.165, 1.54) is 6.20 Å². The van der Waals surface area contributed by atoms with Crippen LogP contribution in [0, 0.1) is 0 Å². The Morgan fingerprint density at radius 2 is 2.12 bits per heavy atom. The summed E-state index contributed by atoms with van der Waals surface area (Å²) in [6.45, 7) is 0.358. The number of oxazole rings is 1. The van der Waals surface area contributed by atoms with Gasteiger partial charge in [0.15, 0.2) is 0 Å². The summed E-state index contributed by atoms with van der Waals surface area (Å²) in [5, 5.41) is 11.7. The van der Waals surface area contributed by atoms with E-state index >= 15 is 0 Å². The molecule has 1 heterocycles. The fraction of sp³-hybridized carbons (Fsp3) is 0.0909. The lowest BCUT2D eigenvalue weighted by molar-refractivity contribution is 0.0660. The molecule has 2 N–H and O–H groups in total. The van der Waals surface area contributed by atoms with Crippen LogP contribution in [0.4, 0.5) is 5.69 Å². The van der Waals surface area contributed by atoms with Gasteiger partial charge in [-0.2, -0.15) is 0 Å². The van der Waals surface area contributed by atoms with E-state index < -0.39 is 5.97 Å². The van der Waals surface area contributed by atoms with Crippen molar-refractivity contribution in [1.29, 1.82) is 0 Å². The molecule has 82 valence electrons. The normalized spacial score (nSPS) is 10.0. The quantitative estimate of drug-likeness (QED) is 0.820. The Morgan fingerprint density at radius 1 is 1.38 bits per heavy atom. The highest BCUT2D eigenvalue weighted by Crippen LogP contribution is 2.09. The number of benzene rings is 1. The van der Waals surface area contributed by atoms with Crippen LogP contribution in [0.5, 0.6) is 0 Å². The number of hydrogen-bond acceptors (Lipinski definition) is 4. The van der Waals surface area contributed by atoms with Gasteiger partial charge in [0, 0.05) is 5.69 Å². The SMILES string of the molecule is O=C(O)c1cnc(CNc2ccccc2)o1. The molecule has 0 atom stereocenters. The molecule has 0 aliphatic rings. The molecule has 0 radical (unpaired) electrons. The number of para-hydroxylation sites is 1. The Bertz CT molecular complexity index is 479. The zero-order valence-electron chi connectivity index (χ0n) is 8.38. The molecule has 16 heavy (non-hydrogen) atoms. The van der Waals surface area contributed by atoms with E-state index in [4.69, 9.17) is 9.52 Å². The van der Waals surface area contributed by atoms with Gasteiger partial charge in [0.1, 0.15) is 0 Å². The van der Waals surface area contributed by atoms with Crippen LogP contribution in [0.1, 0.15) is 16.4 Å². The van der Waals surface area contributed by atoms with E-state index in [0.29, 0.717) is 12.4 Å². The second kappa shape index (κ2) is 4.48. The standard InChI is InChI=1S/C11H10N2O3/c14-11(15)9-6-13-10(16-9)7-12-8-4-2-1-3-5-8/h1-6,12H,7H2,(H,14,15). The molecule has 0 bridgehead atoms. The van der Waals surface area contributed by atoms with Crippen molar-refractivity contribution >= 4 is 11.7 Å². The highest BCUT2D eigenvalue weighted by atomic mass is 16.4. The Balaban J connectivity index is 1.97. The Kier molecular flexibility index (Phi) is 2.86. The van der Waals surface area contributed by atoms with Crippen LogP contribution in [0.25, 0.3) is 0 Å². The molecule has 0 saturated carbocycles. The summed E-state index contributed by atoms with van der Waals surface area (Å²) in [7, 11) is 0. The molecule has 0 aliphatic carbocycles.